The molecule has 2 aromatic rings. The second-order valence-corrected chi connectivity index (χ2v) is 7.22. The fourth-order valence-electron chi connectivity index (χ4n) is 3.17. The molecule has 0 bridgehead atoms. The van der Waals surface area contributed by atoms with Gasteiger partial charge in [0.25, 0.3) is 0 Å². The number of aryl methyl sites for hydroxylation is 1. The van der Waals surface area contributed by atoms with E-state index in [2.05, 4.69) is 25.5 Å². The number of nitrogens with zero attached hydrogens (tertiary/aromatic N) is 3. The third-order valence-corrected chi connectivity index (χ3v) is 4.79. The van der Waals surface area contributed by atoms with Gasteiger partial charge in [-0.05, 0) is 43.9 Å². The smallest absolute Gasteiger partial charge is 0.224 e. The van der Waals surface area contributed by atoms with Crippen molar-refractivity contribution in [3.05, 3.63) is 46.7 Å². The lowest BCUT2D eigenvalue weighted by Crippen LogP contribution is -2.31. The summed E-state index contributed by atoms with van der Waals surface area (Å²) in [5.41, 5.74) is 0.947. The molecule has 0 spiro atoms. The lowest BCUT2D eigenvalue weighted by Gasteiger charge is -2.28. The largest absolute Gasteiger partial charge is 0.368 e. The molecule has 1 saturated heterocycles. The quantitative estimate of drug-likeness (QED) is 0.714. The van der Waals surface area contributed by atoms with E-state index >= 15 is 0 Å². The van der Waals surface area contributed by atoms with E-state index in [1.165, 1.54) is 19.3 Å². The summed E-state index contributed by atoms with van der Waals surface area (Å²) in [5, 5.41) is 6.88. The highest BCUT2D eigenvalue weighted by atomic mass is 35.5. The number of nitrogens with one attached hydrogen (secondary N) is 2. The number of aromatic nitrogens is 2. The van der Waals surface area contributed by atoms with Crippen LogP contribution in [0.25, 0.3) is 0 Å². The van der Waals surface area contributed by atoms with E-state index in [1.807, 2.05) is 25.1 Å². The summed E-state index contributed by atoms with van der Waals surface area (Å²) in [6, 6.07) is 9.32. The van der Waals surface area contributed by atoms with Crippen LogP contribution in [0, 0.1) is 6.92 Å². The zero-order valence-corrected chi connectivity index (χ0v) is 16.4. The Hall–Kier alpha value is -2.34. The van der Waals surface area contributed by atoms with E-state index in [0.29, 0.717) is 24.5 Å². The predicted octanol–water partition coefficient (Wildman–Crippen LogP) is 3.20. The summed E-state index contributed by atoms with van der Waals surface area (Å²) in [6.07, 6.45) is 4.07. The van der Waals surface area contributed by atoms with Crippen LogP contribution in [0.3, 0.4) is 0 Å². The van der Waals surface area contributed by atoms with Crippen molar-refractivity contribution in [2.75, 3.05) is 36.4 Å². The van der Waals surface area contributed by atoms with Crippen molar-refractivity contribution in [1.82, 2.24) is 15.3 Å². The number of anilines is 2. The van der Waals surface area contributed by atoms with Gasteiger partial charge in [0.2, 0.25) is 5.91 Å². The molecule has 0 aliphatic carbocycles. The molecule has 6 nitrogen and oxygen atoms in total. The normalized spacial score (nSPS) is 14.1. The van der Waals surface area contributed by atoms with Crippen LogP contribution < -0.4 is 15.5 Å². The van der Waals surface area contributed by atoms with Gasteiger partial charge < -0.3 is 15.5 Å². The second-order valence-electron chi connectivity index (χ2n) is 6.79. The molecule has 0 radical (unpaired) electrons. The van der Waals surface area contributed by atoms with Crippen LogP contribution in [0.15, 0.2) is 30.3 Å². The summed E-state index contributed by atoms with van der Waals surface area (Å²) in [7, 11) is 0. The Morgan fingerprint density at radius 3 is 2.59 bits per heavy atom. The van der Waals surface area contributed by atoms with Crippen molar-refractivity contribution in [3.8, 4) is 0 Å². The summed E-state index contributed by atoms with van der Waals surface area (Å²) in [4.78, 5) is 23.3. The van der Waals surface area contributed by atoms with Crippen LogP contribution in [-0.4, -0.2) is 42.1 Å². The van der Waals surface area contributed by atoms with Gasteiger partial charge in [-0.3, -0.25) is 4.79 Å². The van der Waals surface area contributed by atoms with Crippen LogP contribution in [-0.2, 0) is 11.2 Å². The average Bonchev–Trinajstić information content (AvgIpc) is 2.67. The molecule has 7 heteroatoms. The number of carbonyl (C=O) groups excluding carboxylic acids is 1. The zero-order valence-electron chi connectivity index (χ0n) is 15.7. The van der Waals surface area contributed by atoms with E-state index in [1.54, 1.807) is 12.1 Å². The minimum absolute atomic E-state index is 0.00741. The Morgan fingerprint density at radius 1 is 1.11 bits per heavy atom. The number of rotatable bonds is 7. The lowest BCUT2D eigenvalue weighted by molar-refractivity contribution is -0.120. The van der Waals surface area contributed by atoms with Gasteiger partial charge >= 0.3 is 0 Å². The molecule has 1 aliphatic rings. The molecular formula is C20H26ClN5O. The van der Waals surface area contributed by atoms with Gasteiger partial charge in [-0.2, -0.15) is 0 Å². The van der Waals surface area contributed by atoms with Crippen molar-refractivity contribution < 1.29 is 4.79 Å². The molecule has 0 saturated carbocycles. The SMILES string of the molecule is Cc1nc(NCCNC(=O)Cc2ccc(Cl)cc2)cc(N2CCCCC2)n1. The molecule has 2 N–H and O–H groups in total. The third kappa shape index (κ3) is 6.10. The summed E-state index contributed by atoms with van der Waals surface area (Å²) in [6.45, 7) is 5.16. The minimum atomic E-state index is -0.00741. The molecule has 27 heavy (non-hydrogen) atoms. The molecule has 1 aromatic carbocycles. The van der Waals surface area contributed by atoms with E-state index in [9.17, 15) is 4.79 Å². The Morgan fingerprint density at radius 2 is 1.85 bits per heavy atom. The molecule has 0 atom stereocenters. The Bertz CT molecular complexity index is 759. The highest BCUT2D eigenvalue weighted by Gasteiger charge is 2.13. The molecule has 0 unspecified atom stereocenters. The number of benzene rings is 1. The summed E-state index contributed by atoms with van der Waals surface area (Å²) in [5.74, 6) is 2.53. The topological polar surface area (TPSA) is 70.2 Å². The molecule has 1 aromatic heterocycles. The van der Waals surface area contributed by atoms with Gasteiger partial charge in [-0.15, -0.1) is 0 Å². The van der Waals surface area contributed by atoms with Gasteiger partial charge in [0.05, 0.1) is 6.42 Å². The molecule has 3 rings (SSSR count). The van der Waals surface area contributed by atoms with Gasteiger partial charge in [0.1, 0.15) is 17.5 Å². The maximum absolute atomic E-state index is 12.0. The van der Waals surface area contributed by atoms with E-state index in [0.717, 1.165) is 36.1 Å². The number of carbonyl (C=O) groups is 1. The fraction of sp³-hybridized carbons (Fsp3) is 0.450. The van der Waals surface area contributed by atoms with Gasteiger partial charge in [0, 0.05) is 37.3 Å². The first-order valence-corrected chi connectivity index (χ1v) is 9.83. The Labute approximate surface area is 165 Å². The first kappa shape index (κ1) is 19.4. The predicted molar refractivity (Wildman–Crippen MR) is 109 cm³/mol. The van der Waals surface area contributed by atoms with E-state index in [-0.39, 0.29) is 5.91 Å². The van der Waals surface area contributed by atoms with Crippen LogP contribution in [0.1, 0.15) is 30.7 Å². The molecule has 1 aliphatic heterocycles. The minimum Gasteiger partial charge on any atom is -0.368 e. The van der Waals surface area contributed by atoms with Crippen molar-refractivity contribution in [1.29, 1.82) is 0 Å². The molecule has 144 valence electrons. The Kier molecular flexibility index (Phi) is 6.87. The number of hydrogen-bond acceptors (Lipinski definition) is 5. The van der Waals surface area contributed by atoms with Crippen molar-refractivity contribution in [3.63, 3.8) is 0 Å². The van der Waals surface area contributed by atoms with Crippen molar-refractivity contribution in [2.24, 2.45) is 0 Å². The van der Waals surface area contributed by atoms with Crippen molar-refractivity contribution in [2.45, 2.75) is 32.6 Å². The van der Waals surface area contributed by atoms with E-state index in [4.69, 9.17) is 11.6 Å². The second kappa shape index (κ2) is 9.55. The monoisotopic (exact) mass is 387 g/mol. The van der Waals surface area contributed by atoms with Gasteiger partial charge in [0.15, 0.2) is 0 Å². The number of amides is 1. The van der Waals surface area contributed by atoms with Gasteiger partial charge in [-0.25, -0.2) is 9.97 Å². The standard InChI is InChI=1S/C20H26ClN5O/c1-15-24-18(14-19(25-15)26-11-3-2-4-12-26)22-9-10-23-20(27)13-16-5-7-17(21)8-6-16/h5-8,14H,2-4,9-13H2,1H3,(H,23,27)(H,22,24,25). The van der Waals surface area contributed by atoms with Crippen LogP contribution >= 0.6 is 11.6 Å². The van der Waals surface area contributed by atoms with E-state index < -0.39 is 0 Å². The number of hydrogen-bond donors (Lipinski definition) is 2. The maximum atomic E-state index is 12.0. The summed E-state index contributed by atoms with van der Waals surface area (Å²) >= 11 is 5.86. The van der Waals surface area contributed by atoms with Crippen LogP contribution in [0.5, 0.6) is 0 Å². The highest BCUT2D eigenvalue weighted by Crippen LogP contribution is 2.20. The first-order valence-electron chi connectivity index (χ1n) is 9.46. The molecule has 2 heterocycles. The Balaban J connectivity index is 1.45. The molecule has 1 amide bonds. The van der Waals surface area contributed by atoms with Crippen molar-refractivity contribution >= 4 is 29.1 Å². The lowest BCUT2D eigenvalue weighted by atomic mass is 10.1. The van der Waals surface area contributed by atoms with Gasteiger partial charge in [-0.1, -0.05) is 23.7 Å². The third-order valence-electron chi connectivity index (χ3n) is 4.54. The molecule has 1 fully saturated rings. The molecular weight excluding hydrogens is 362 g/mol. The average molecular weight is 388 g/mol. The van der Waals surface area contributed by atoms with Crippen LogP contribution in [0.2, 0.25) is 5.02 Å². The zero-order chi connectivity index (χ0) is 19.1. The van der Waals surface area contributed by atoms with Crippen LogP contribution in [0.4, 0.5) is 11.6 Å². The maximum Gasteiger partial charge on any atom is 0.224 e. The number of piperidine rings is 1. The number of halogens is 1. The first-order chi connectivity index (χ1) is 13.1. The highest BCUT2D eigenvalue weighted by molar-refractivity contribution is 6.30. The summed E-state index contributed by atoms with van der Waals surface area (Å²) < 4.78 is 0. The fourth-order valence-corrected chi connectivity index (χ4v) is 3.30.